The van der Waals surface area contributed by atoms with Crippen molar-refractivity contribution in [3.63, 3.8) is 0 Å². The normalized spacial score (nSPS) is 12.2. The molecule has 1 rings (SSSR count). The van der Waals surface area contributed by atoms with Gasteiger partial charge in [-0.25, -0.2) is 0 Å². The number of carboxylic acid groups (broad SMARTS) is 1. The van der Waals surface area contributed by atoms with Crippen LogP contribution in [-0.2, 0) is 11.2 Å². The molecule has 0 saturated carbocycles. The standard InChI is InChI=1S/C12H16O3/c1-4-9-7-10(8(2)12(13)14)5-6-11(9)15-3/h5-8H,4H2,1-3H3,(H,13,14). The number of rotatable bonds is 4. The Morgan fingerprint density at radius 2 is 2.20 bits per heavy atom. The molecule has 1 atom stereocenters. The van der Waals surface area contributed by atoms with E-state index in [9.17, 15) is 4.79 Å². The fourth-order valence-electron chi connectivity index (χ4n) is 1.49. The van der Waals surface area contributed by atoms with E-state index < -0.39 is 11.9 Å². The van der Waals surface area contributed by atoms with Crippen LogP contribution in [0.25, 0.3) is 0 Å². The molecule has 0 amide bonds. The third kappa shape index (κ3) is 2.49. The van der Waals surface area contributed by atoms with Crippen molar-refractivity contribution in [1.82, 2.24) is 0 Å². The Kier molecular flexibility index (Phi) is 3.72. The van der Waals surface area contributed by atoms with Crippen LogP contribution in [0.1, 0.15) is 30.9 Å². The van der Waals surface area contributed by atoms with Gasteiger partial charge in [-0.15, -0.1) is 0 Å². The highest BCUT2D eigenvalue weighted by Crippen LogP contribution is 2.24. The van der Waals surface area contributed by atoms with Crippen LogP contribution in [-0.4, -0.2) is 18.2 Å². The van der Waals surface area contributed by atoms with Crippen molar-refractivity contribution in [3.05, 3.63) is 29.3 Å². The molecule has 0 bridgehead atoms. The molecule has 0 aliphatic heterocycles. The Labute approximate surface area is 89.7 Å². The number of hydrogen-bond acceptors (Lipinski definition) is 2. The van der Waals surface area contributed by atoms with Crippen LogP contribution in [0.5, 0.6) is 5.75 Å². The number of carboxylic acids is 1. The zero-order valence-corrected chi connectivity index (χ0v) is 9.28. The van der Waals surface area contributed by atoms with Crippen molar-refractivity contribution in [3.8, 4) is 5.75 Å². The molecule has 0 aromatic heterocycles. The van der Waals surface area contributed by atoms with Gasteiger partial charge in [0, 0.05) is 0 Å². The molecular weight excluding hydrogens is 192 g/mol. The molecule has 82 valence electrons. The molecule has 3 heteroatoms. The van der Waals surface area contributed by atoms with Crippen LogP contribution in [0, 0.1) is 0 Å². The summed E-state index contributed by atoms with van der Waals surface area (Å²) in [7, 11) is 1.62. The topological polar surface area (TPSA) is 46.5 Å². The molecule has 1 N–H and O–H groups in total. The van der Waals surface area contributed by atoms with Crippen LogP contribution in [0.4, 0.5) is 0 Å². The molecule has 1 unspecified atom stereocenters. The highest BCUT2D eigenvalue weighted by atomic mass is 16.5. The van der Waals surface area contributed by atoms with E-state index in [0.717, 1.165) is 23.3 Å². The van der Waals surface area contributed by atoms with Crippen molar-refractivity contribution >= 4 is 5.97 Å². The second-order valence-electron chi connectivity index (χ2n) is 3.48. The van der Waals surface area contributed by atoms with Gasteiger partial charge in [0.05, 0.1) is 13.0 Å². The van der Waals surface area contributed by atoms with E-state index in [-0.39, 0.29) is 0 Å². The van der Waals surface area contributed by atoms with E-state index in [0.29, 0.717) is 0 Å². The molecule has 0 aliphatic carbocycles. The number of benzene rings is 1. The first kappa shape index (κ1) is 11.6. The number of aliphatic carboxylic acids is 1. The lowest BCUT2D eigenvalue weighted by Crippen LogP contribution is -2.07. The second kappa shape index (κ2) is 4.82. The minimum Gasteiger partial charge on any atom is -0.496 e. The fraction of sp³-hybridized carbons (Fsp3) is 0.417. The van der Waals surface area contributed by atoms with Crippen LogP contribution < -0.4 is 4.74 Å². The van der Waals surface area contributed by atoms with Gasteiger partial charge in [-0.05, 0) is 30.5 Å². The van der Waals surface area contributed by atoms with Gasteiger partial charge in [-0.1, -0.05) is 19.1 Å². The quantitative estimate of drug-likeness (QED) is 0.826. The Hall–Kier alpha value is -1.51. The molecule has 0 spiro atoms. The van der Waals surface area contributed by atoms with E-state index in [2.05, 4.69) is 0 Å². The monoisotopic (exact) mass is 208 g/mol. The maximum atomic E-state index is 10.8. The van der Waals surface area contributed by atoms with E-state index in [1.165, 1.54) is 0 Å². The van der Waals surface area contributed by atoms with Crippen molar-refractivity contribution < 1.29 is 14.6 Å². The zero-order valence-electron chi connectivity index (χ0n) is 9.28. The first-order valence-electron chi connectivity index (χ1n) is 4.99. The van der Waals surface area contributed by atoms with Crippen molar-refractivity contribution in [2.24, 2.45) is 0 Å². The lowest BCUT2D eigenvalue weighted by molar-refractivity contribution is -0.138. The molecule has 0 heterocycles. The summed E-state index contributed by atoms with van der Waals surface area (Å²) >= 11 is 0. The molecule has 0 aliphatic rings. The van der Waals surface area contributed by atoms with Crippen molar-refractivity contribution in [2.45, 2.75) is 26.2 Å². The number of hydrogen-bond donors (Lipinski definition) is 1. The summed E-state index contributed by atoms with van der Waals surface area (Å²) in [6.07, 6.45) is 0.837. The zero-order chi connectivity index (χ0) is 11.4. The fourth-order valence-corrected chi connectivity index (χ4v) is 1.49. The average Bonchev–Trinajstić information content (AvgIpc) is 2.26. The Morgan fingerprint density at radius 1 is 1.53 bits per heavy atom. The molecule has 15 heavy (non-hydrogen) atoms. The smallest absolute Gasteiger partial charge is 0.310 e. The van der Waals surface area contributed by atoms with E-state index in [4.69, 9.17) is 9.84 Å². The molecular formula is C12H16O3. The van der Waals surface area contributed by atoms with E-state index in [1.54, 1.807) is 20.1 Å². The molecule has 3 nitrogen and oxygen atoms in total. The Bertz CT molecular complexity index is 358. The summed E-state index contributed by atoms with van der Waals surface area (Å²) in [5.74, 6) is -0.456. The second-order valence-corrected chi connectivity index (χ2v) is 3.48. The third-order valence-electron chi connectivity index (χ3n) is 2.56. The summed E-state index contributed by atoms with van der Waals surface area (Å²) in [6.45, 7) is 3.71. The van der Waals surface area contributed by atoms with Gasteiger partial charge in [-0.2, -0.15) is 0 Å². The summed E-state index contributed by atoms with van der Waals surface area (Å²) in [5, 5.41) is 8.89. The van der Waals surface area contributed by atoms with Gasteiger partial charge in [0.15, 0.2) is 0 Å². The minimum atomic E-state index is -0.804. The van der Waals surface area contributed by atoms with Gasteiger partial charge in [0.2, 0.25) is 0 Å². The molecule has 0 saturated heterocycles. The Morgan fingerprint density at radius 3 is 2.67 bits per heavy atom. The molecule has 0 radical (unpaired) electrons. The van der Waals surface area contributed by atoms with Crippen molar-refractivity contribution in [2.75, 3.05) is 7.11 Å². The summed E-state index contributed by atoms with van der Waals surface area (Å²) in [5.41, 5.74) is 1.86. The lowest BCUT2D eigenvalue weighted by atomic mass is 9.98. The predicted octanol–water partition coefficient (Wildman–Crippen LogP) is 2.45. The summed E-state index contributed by atoms with van der Waals surface area (Å²) in [6, 6.07) is 5.53. The average molecular weight is 208 g/mol. The van der Waals surface area contributed by atoms with Gasteiger partial charge < -0.3 is 9.84 Å². The maximum absolute atomic E-state index is 10.8. The van der Waals surface area contributed by atoms with E-state index in [1.807, 2.05) is 19.1 Å². The maximum Gasteiger partial charge on any atom is 0.310 e. The number of aryl methyl sites for hydroxylation is 1. The summed E-state index contributed by atoms with van der Waals surface area (Å²) in [4.78, 5) is 10.8. The Balaban J connectivity index is 3.07. The third-order valence-corrected chi connectivity index (χ3v) is 2.56. The minimum absolute atomic E-state index is 0.471. The first-order chi connectivity index (χ1) is 7.10. The van der Waals surface area contributed by atoms with Crippen LogP contribution >= 0.6 is 0 Å². The number of methoxy groups -OCH3 is 1. The van der Waals surface area contributed by atoms with Gasteiger partial charge in [0.25, 0.3) is 0 Å². The van der Waals surface area contributed by atoms with Crippen LogP contribution in [0.2, 0.25) is 0 Å². The van der Waals surface area contributed by atoms with Crippen molar-refractivity contribution in [1.29, 1.82) is 0 Å². The molecule has 1 aromatic carbocycles. The van der Waals surface area contributed by atoms with Gasteiger partial charge >= 0.3 is 5.97 Å². The van der Waals surface area contributed by atoms with E-state index >= 15 is 0 Å². The first-order valence-corrected chi connectivity index (χ1v) is 4.99. The lowest BCUT2D eigenvalue weighted by Gasteiger charge is -2.11. The molecule has 0 fully saturated rings. The SMILES string of the molecule is CCc1cc(C(C)C(=O)O)ccc1OC. The number of ether oxygens (including phenoxy) is 1. The van der Waals surface area contributed by atoms with Crippen LogP contribution in [0.15, 0.2) is 18.2 Å². The number of carbonyl (C=O) groups is 1. The van der Waals surface area contributed by atoms with Gasteiger partial charge in [-0.3, -0.25) is 4.79 Å². The van der Waals surface area contributed by atoms with Crippen LogP contribution in [0.3, 0.4) is 0 Å². The molecule has 1 aromatic rings. The van der Waals surface area contributed by atoms with Gasteiger partial charge in [0.1, 0.15) is 5.75 Å². The highest BCUT2D eigenvalue weighted by Gasteiger charge is 2.14. The highest BCUT2D eigenvalue weighted by molar-refractivity contribution is 5.75. The summed E-state index contributed by atoms with van der Waals surface area (Å²) < 4.78 is 5.18. The predicted molar refractivity (Wildman–Crippen MR) is 58.4 cm³/mol. The largest absolute Gasteiger partial charge is 0.496 e.